The zero-order chi connectivity index (χ0) is 14.8. The molecule has 0 aliphatic carbocycles. The number of carbonyl (C=O) groups is 1. The van der Waals surface area contributed by atoms with E-state index in [-0.39, 0.29) is 16.6 Å². The Hall–Kier alpha value is -1.63. The first-order valence-electron chi connectivity index (χ1n) is 5.68. The number of nitrogens with two attached hydrogens (primary N) is 1. The number of anilines is 1. The third kappa shape index (κ3) is 3.66. The predicted octanol–water partition coefficient (Wildman–Crippen LogP) is 1.05. The highest BCUT2D eigenvalue weighted by atomic mass is 32.2. The van der Waals surface area contributed by atoms with E-state index in [9.17, 15) is 17.6 Å². The predicted molar refractivity (Wildman–Crippen MR) is 70.8 cm³/mol. The zero-order valence-corrected chi connectivity index (χ0v) is 11.9. The second-order valence-electron chi connectivity index (χ2n) is 4.54. The Kier molecular flexibility index (Phi) is 4.52. The maximum absolute atomic E-state index is 12.9. The first kappa shape index (κ1) is 15.4. The van der Waals surface area contributed by atoms with Gasteiger partial charge in [0.15, 0.2) is 9.84 Å². The van der Waals surface area contributed by atoms with Crippen molar-refractivity contribution in [3.05, 3.63) is 24.0 Å². The third-order valence-corrected chi connectivity index (χ3v) is 4.46. The molecule has 1 aromatic rings. The minimum atomic E-state index is -3.87. The molecule has 0 fully saturated rings. The van der Waals surface area contributed by atoms with E-state index < -0.39 is 27.3 Å². The van der Waals surface area contributed by atoms with Crippen molar-refractivity contribution in [3.8, 4) is 0 Å². The van der Waals surface area contributed by atoms with Crippen LogP contribution in [0.2, 0.25) is 0 Å². The quantitative estimate of drug-likeness (QED) is 0.663. The molecular weight excluding hydrogens is 271 g/mol. The van der Waals surface area contributed by atoms with Gasteiger partial charge in [0.05, 0.1) is 10.6 Å². The maximum atomic E-state index is 12.9. The first-order valence-corrected chi connectivity index (χ1v) is 7.34. The molecular formula is C12H17FN2O3S. The Morgan fingerprint density at radius 1 is 1.42 bits per heavy atom. The highest BCUT2D eigenvalue weighted by Gasteiger charge is 2.24. The number of rotatable bonds is 4. The van der Waals surface area contributed by atoms with E-state index >= 15 is 0 Å². The second kappa shape index (κ2) is 5.56. The summed E-state index contributed by atoms with van der Waals surface area (Å²) in [5.74, 6) is -1.84. The number of nitrogens with zero attached hydrogens (tertiary/aromatic N) is 1. The average molecular weight is 288 g/mol. The SMILES string of the molecule is CC(C)N(C)C(=O)CS(=O)(=O)c1ccc(F)cc1N. The molecule has 0 radical (unpaired) electrons. The lowest BCUT2D eigenvalue weighted by Crippen LogP contribution is -2.37. The number of sulfone groups is 1. The molecule has 0 bridgehead atoms. The third-order valence-electron chi connectivity index (χ3n) is 2.79. The lowest BCUT2D eigenvalue weighted by molar-refractivity contribution is -0.128. The summed E-state index contributed by atoms with van der Waals surface area (Å²) in [7, 11) is -2.34. The summed E-state index contributed by atoms with van der Waals surface area (Å²) >= 11 is 0. The van der Waals surface area contributed by atoms with E-state index in [4.69, 9.17) is 5.73 Å². The number of hydrogen-bond acceptors (Lipinski definition) is 4. The fraction of sp³-hybridized carbons (Fsp3) is 0.417. The zero-order valence-electron chi connectivity index (χ0n) is 11.1. The van der Waals surface area contributed by atoms with E-state index in [1.807, 2.05) is 0 Å². The topological polar surface area (TPSA) is 80.5 Å². The molecule has 5 nitrogen and oxygen atoms in total. The van der Waals surface area contributed by atoms with Gasteiger partial charge in [0.25, 0.3) is 0 Å². The van der Waals surface area contributed by atoms with Crippen LogP contribution in [0, 0.1) is 5.82 Å². The summed E-state index contributed by atoms with van der Waals surface area (Å²) in [5.41, 5.74) is 5.28. The van der Waals surface area contributed by atoms with Gasteiger partial charge in [-0.2, -0.15) is 0 Å². The van der Waals surface area contributed by atoms with Crippen LogP contribution in [0.15, 0.2) is 23.1 Å². The Bertz CT molecular complexity index is 585. The van der Waals surface area contributed by atoms with Crippen LogP contribution in [0.1, 0.15) is 13.8 Å². The Morgan fingerprint density at radius 3 is 2.47 bits per heavy atom. The van der Waals surface area contributed by atoms with Crippen LogP contribution >= 0.6 is 0 Å². The van der Waals surface area contributed by atoms with E-state index in [1.54, 1.807) is 13.8 Å². The Morgan fingerprint density at radius 2 is 2.00 bits per heavy atom. The van der Waals surface area contributed by atoms with Crippen molar-refractivity contribution < 1.29 is 17.6 Å². The van der Waals surface area contributed by atoms with Crippen LogP contribution in [-0.2, 0) is 14.6 Å². The largest absolute Gasteiger partial charge is 0.398 e. The second-order valence-corrected chi connectivity index (χ2v) is 6.50. The number of hydrogen-bond donors (Lipinski definition) is 1. The molecule has 0 heterocycles. The molecule has 0 spiro atoms. The van der Waals surface area contributed by atoms with E-state index in [1.165, 1.54) is 11.9 Å². The highest BCUT2D eigenvalue weighted by molar-refractivity contribution is 7.92. The maximum Gasteiger partial charge on any atom is 0.238 e. The average Bonchev–Trinajstić information content (AvgIpc) is 2.26. The van der Waals surface area contributed by atoms with Crippen LogP contribution < -0.4 is 5.73 Å². The van der Waals surface area contributed by atoms with Crippen molar-refractivity contribution in [2.24, 2.45) is 0 Å². The highest BCUT2D eigenvalue weighted by Crippen LogP contribution is 2.20. The summed E-state index contributed by atoms with van der Waals surface area (Å²) in [4.78, 5) is 12.9. The first-order chi connectivity index (χ1) is 8.65. The van der Waals surface area contributed by atoms with Crippen molar-refractivity contribution in [2.75, 3.05) is 18.5 Å². The van der Waals surface area contributed by atoms with Gasteiger partial charge < -0.3 is 10.6 Å². The molecule has 0 aromatic heterocycles. The van der Waals surface area contributed by atoms with Gasteiger partial charge in [-0.3, -0.25) is 4.79 Å². The van der Waals surface area contributed by atoms with Gasteiger partial charge in [-0.15, -0.1) is 0 Å². The molecule has 106 valence electrons. The van der Waals surface area contributed by atoms with Crippen LogP contribution in [0.4, 0.5) is 10.1 Å². The molecule has 1 amide bonds. The molecule has 1 rings (SSSR count). The molecule has 0 atom stereocenters. The number of carbonyl (C=O) groups excluding carboxylic acids is 1. The molecule has 1 aromatic carbocycles. The van der Waals surface area contributed by atoms with Gasteiger partial charge in [-0.05, 0) is 32.0 Å². The molecule has 0 saturated carbocycles. The van der Waals surface area contributed by atoms with Crippen molar-refractivity contribution in [2.45, 2.75) is 24.8 Å². The van der Waals surface area contributed by atoms with Crippen LogP contribution in [0.3, 0.4) is 0 Å². The molecule has 0 saturated heterocycles. The number of nitrogen functional groups attached to an aromatic ring is 1. The van der Waals surface area contributed by atoms with Crippen LogP contribution in [0.5, 0.6) is 0 Å². The summed E-state index contributed by atoms with van der Waals surface area (Å²) in [6.07, 6.45) is 0. The fourth-order valence-corrected chi connectivity index (χ4v) is 2.81. The molecule has 2 N–H and O–H groups in total. The van der Waals surface area contributed by atoms with E-state index in [0.717, 1.165) is 18.2 Å². The van der Waals surface area contributed by atoms with Crippen molar-refractivity contribution in [3.63, 3.8) is 0 Å². The summed E-state index contributed by atoms with van der Waals surface area (Å²) in [6.45, 7) is 3.55. The van der Waals surface area contributed by atoms with E-state index in [0.29, 0.717) is 0 Å². The van der Waals surface area contributed by atoms with Crippen LogP contribution in [-0.4, -0.2) is 38.1 Å². The molecule has 0 unspecified atom stereocenters. The number of amides is 1. The van der Waals surface area contributed by atoms with Gasteiger partial charge in [0.2, 0.25) is 5.91 Å². The monoisotopic (exact) mass is 288 g/mol. The number of benzene rings is 1. The molecule has 0 aliphatic heterocycles. The lowest BCUT2D eigenvalue weighted by atomic mass is 10.3. The Labute approximate surface area is 112 Å². The van der Waals surface area contributed by atoms with Gasteiger partial charge in [-0.25, -0.2) is 12.8 Å². The molecule has 0 aliphatic rings. The van der Waals surface area contributed by atoms with Gasteiger partial charge in [0.1, 0.15) is 11.6 Å². The minimum Gasteiger partial charge on any atom is -0.398 e. The van der Waals surface area contributed by atoms with E-state index in [2.05, 4.69) is 0 Å². The summed E-state index contributed by atoms with van der Waals surface area (Å²) in [5, 5.41) is 0. The van der Waals surface area contributed by atoms with Gasteiger partial charge in [0, 0.05) is 13.1 Å². The standard InChI is InChI=1S/C12H17FN2O3S/c1-8(2)15(3)12(16)7-19(17,18)11-5-4-9(13)6-10(11)14/h4-6,8H,7,14H2,1-3H3. The lowest BCUT2D eigenvalue weighted by Gasteiger charge is -2.21. The molecule has 19 heavy (non-hydrogen) atoms. The van der Waals surface area contributed by atoms with Crippen molar-refractivity contribution >= 4 is 21.4 Å². The Balaban J connectivity index is 3.02. The summed E-state index contributed by atoms with van der Waals surface area (Å²) < 4.78 is 37.0. The normalized spacial score (nSPS) is 11.6. The van der Waals surface area contributed by atoms with Gasteiger partial charge >= 0.3 is 0 Å². The van der Waals surface area contributed by atoms with Crippen LogP contribution in [0.25, 0.3) is 0 Å². The van der Waals surface area contributed by atoms with Crippen molar-refractivity contribution in [1.82, 2.24) is 4.90 Å². The summed E-state index contributed by atoms with van der Waals surface area (Å²) in [6, 6.07) is 2.89. The van der Waals surface area contributed by atoms with Crippen molar-refractivity contribution in [1.29, 1.82) is 0 Å². The fourth-order valence-electron chi connectivity index (χ4n) is 1.43. The van der Waals surface area contributed by atoms with Gasteiger partial charge in [-0.1, -0.05) is 0 Å². The minimum absolute atomic E-state index is 0.103. The smallest absolute Gasteiger partial charge is 0.238 e. The number of halogens is 1. The molecule has 7 heteroatoms.